The molecule has 0 saturated carbocycles. The quantitative estimate of drug-likeness (QED) is 0.649. The molecule has 0 amide bonds. The summed E-state index contributed by atoms with van der Waals surface area (Å²) in [7, 11) is 2.31. The van der Waals surface area contributed by atoms with E-state index in [1.807, 2.05) is 11.8 Å². The highest BCUT2D eigenvalue weighted by Gasteiger charge is 2.30. The molecule has 1 atom stereocenters. The monoisotopic (exact) mass is 302 g/mol. The van der Waals surface area contributed by atoms with Crippen molar-refractivity contribution in [3.05, 3.63) is 0 Å². The first-order valence-electron chi connectivity index (χ1n) is 8.17. The highest BCUT2D eigenvalue weighted by atomic mass is 32.2. The topological polar surface area (TPSA) is 15.3 Å². The van der Waals surface area contributed by atoms with Crippen LogP contribution in [-0.2, 0) is 0 Å². The molecule has 0 spiro atoms. The van der Waals surface area contributed by atoms with Crippen molar-refractivity contribution in [1.82, 2.24) is 10.2 Å². The molecule has 0 bridgehead atoms. The lowest BCUT2D eigenvalue weighted by Gasteiger charge is -2.40. The van der Waals surface area contributed by atoms with Crippen LogP contribution in [-0.4, -0.2) is 48.6 Å². The van der Waals surface area contributed by atoms with Crippen molar-refractivity contribution in [3.63, 3.8) is 0 Å². The molecule has 0 heterocycles. The zero-order chi connectivity index (χ0) is 15.8. The van der Waals surface area contributed by atoms with Crippen LogP contribution >= 0.6 is 11.8 Å². The van der Waals surface area contributed by atoms with Crippen LogP contribution in [0.3, 0.4) is 0 Å². The average Bonchev–Trinajstić information content (AvgIpc) is 2.39. The van der Waals surface area contributed by atoms with Gasteiger partial charge in [0.25, 0.3) is 0 Å². The van der Waals surface area contributed by atoms with Gasteiger partial charge in [0.2, 0.25) is 0 Å². The van der Waals surface area contributed by atoms with E-state index in [9.17, 15) is 0 Å². The van der Waals surface area contributed by atoms with E-state index in [1.165, 1.54) is 31.6 Å². The second-order valence-corrected chi connectivity index (χ2v) is 8.15. The third-order valence-electron chi connectivity index (χ3n) is 4.53. The Morgan fingerprint density at radius 3 is 2.00 bits per heavy atom. The molecule has 20 heavy (non-hydrogen) atoms. The van der Waals surface area contributed by atoms with Gasteiger partial charge in [0.05, 0.1) is 0 Å². The van der Waals surface area contributed by atoms with Gasteiger partial charge in [-0.3, -0.25) is 0 Å². The molecule has 0 rings (SSSR count). The van der Waals surface area contributed by atoms with Crippen molar-refractivity contribution in [2.24, 2.45) is 5.41 Å². The first-order valence-corrected chi connectivity index (χ1v) is 9.57. The van der Waals surface area contributed by atoms with Gasteiger partial charge >= 0.3 is 0 Å². The lowest BCUT2D eigenvalue weighted by atomic mass is 9.80. The zero-order valence-electron chi connectivity index (χ0n) is 15.2. The molecule has 2 nitrogen and oxygen atoms in total. The van der Waals surface area contributed by atoms with Crippen LogP contribution in [0.25, 0.3) is 0 Å². The zero-order valence-corrected chi connectivity index (χ0v) is 16.0. The number of thioether (sulfide) groups is 1. The fraction of sp³-hybridized carbons (Fsp3) is 1.00. The molecule has 0 aromatic carbocycles. The van der Waals surface area contributed by atoms with Gasteiger partial charge < -0.3 is 10.2 Å². The first kappa shape index (κ1) is 20.3. The predicted molar refractivity (Wildman–Crippen MR) is 95.9 cm³/mol. The van der Waals surface area contributed by atoms with Gasteiger partial charge in [-0.15, -0.1) is 0 Å². The van der Waals surface area contributed by atoms with E-state index in [0.717, 1.165) is 6.54 Å². The third-order valence-corrected chi connectivity index (χ3v) is 5.25. The number of hydrogen-bond acceptors (Lipinski definition) is 3. The van der Waals surface area contributed by atoms with Crippen molar-refractivity contribution in [2.75, 3.05) is 32.1 Å². The van der Waals surface area contributed by atoms with E-state index in [-0.39, 0.29) is 5.54 Å². The lowest BCUT2D eigenvalue weighted by molar-refractivity contribution is 0.119. The molecule has 0 radical (unpaired) electrons. The SMILES string of the molecule is CCC(CSC)N(C)CC(CC)(CC)CNC(C)(C)C. The van der Waals surface area contributed by atoms with Gasteiger partial charge in [0.15, 0.2) is 0 Å². The molecule has 0 aromatic rings. The smallest absolute Gasteiger partial charge is 0.0180 e. The Bertz CT molecular complexity index is 244. The van der Waals surface area contributed by atoms with Gasteiger partial charge in [-0.2, -0.15) is 11.8 Å². The van der Waals surface area contributed by atoms with Crippen LogP contribution in [0.1, 0.15) is 60.8 Å². The van der Waals surface area contributed by atoms with E-state index in [0.29, 0.717) is 11.5 Å². The fourth-order valence-corrected chi connectivity index (χ4v) is 3.51. The molecule has 122 valence electrons. The Balaban J connectivity index is 4.72. The van der Waals surface area contributed by atoms with Crippen LogP contribution in [0.4, 0.5) is 0 Å². The molecule has 1 unspecified atom stereocenters. The maximum atomic E-state index is 3.73. The van der Waals surface area contributed by atoms with E-state index in [1.54, 1.807) is 0 Å². The van der Waals surface area contributed by atoms with E-state index >= 15 is 0 Å². The molecular weight excluding hydrogens is 264 g/mol. The first-order chi connectivity index (χ1) is 9.23. The van der Waals surface area contributed by atoms with Crippen molar-refractivity contribution in [1.29, 1.82) is 0 Å². The standard InChI is InChI=1S/C17H38N2S/c1-9-15(12-20-8)19(7)14-17(10-2,11-3)13-18-16(4,5)6/h15,18H,9-14H2,1-8H3. The molecule has 0 aliphatic carbocycles. The largest absolute Gasteiger partial charge is 0.311 e. The fourth-order valence-electron chi connectivity index (χ4n) is 2.64. The maximum Gasteiger partial charge on any atom is 0.0180 e. The molecule has 0 fully saturated rings. The Hall–Kier alpha value is 0.270. The summed E-state index contributed by atoms with van der Waals surface area (Å²) >= 11 is 1.96. The van der Waals surface area contributed by atoms with Gasteiger partial charge in [0, 0.05) is 30.4 Å². The molecule has 1 N–H and O–H groups in total. The minimum absolute atomic E-state index is 0.206. The number of nitrogens with one attached hydrogen (secondary N) is 1. The highest BCUT2D eigenvalue weighted by Crippen LogP contribution is 2.28. The van der Waals surface area contributed by atoms with Gasteiger partial charge in [-0.1, -0.05) is 20.8 Å². The van der Waals surface area contributed by atoms with Crippen molar-refractivity contribution in [3.8, 4) is 0 Å². The Morgan fingerprint density at radius 2 is 1.65 bits per heavy atom. The molecule has 0 aliphatic heterocycles. The number of rotatable bonds is 10. The minimum Gasteiger partial charge on any atom is -0.311 e. The van der Waals surface area contributed by atoms with Gasteiger partial charge in [0.1, 0.15) is 0 Å². The molecule has 0 aliphatic rings. The summed E-state index contributed by atoms with van der Waals surface area (Å²) in [5.41, 5.74) is 0.603. The Kier molecular flexibility index (Phi) is 9.45. The Morgan fingerprint density at radius 1 is 1.10 bits per heavy atom. The second-order valence-electron chi connectivity index (χ2n) is 7.24. The van der Waals surface area contributed by atoms with Crippen molar-refractivity contribution < 1.29 is 0 Å². The average molecular weight is 303 g/mol. The van der Waals surface area contributed by atoms with Crippen LogP contribution in [0, 0.1) is 5.41 Å². The summed E-state index contributed by atoms with van der Waals surface area (Å²) in [5, 5.41) is 3.73. The van der Waals surface area contributed by atoms with E-state index < -0.39 is 0 Å². The lowest BCUT2D eigenvalue weighted by Crippen LogP contribution is -2.49. The number of nitrogens with zero attached hydrogens (tertiary/aromatic N) is 1. The van der Waals surface area contributed by atoms with Crippen molar-refractivity contribution >= 4 is 11.8 Å². The van der Waals surface area contributed by atoms with Gasteiger partial charge in [-0.25, -0.2) is 0 Å². The predicted octanol–water partition coefficient (Wildman–Crippen LogP) is 4.25. The number of hydrogen-bond donors (Lipinski definition) is 1. The third kappa shape index (κ3) is 7.33. The summed E-state index contributed by atoms with van der Waals surface area (Å²) in [6.07, 6.45) is 5.94. The summed E-state index contributed by atoms with van der Waals surface area (Å²) in [4.78, 5) is 2.59. The second kappa shape index (κ2) is 9.32. The van der Waals surface area contributed by atoms with Crippen LogP contribution < -0.4 is 5.32 Å². The van der Waals surface area contributed by atoms with Gasteiger partial charge in [-0.05, 0) is 58.8 Å². The molecule has 3 heteroatoms. The molecular formula is C17H38N2S. The molecule has 0 aromatic heterocycles. The maximum absolute atomic E-state index is 3.73. The Labute approximate surface area is 132 Å². The van der Waals surface area contributed by atoms with E-state index in [2.05, 4.69) is 65.1 Å². The van der Waals surface area contributed by atoms with Crippen molar-refractivity contribution in [2.45, 2.75) is 72.4 Å². The highest BCUT2D eigenvalue weighted by molar-refractivity contribution is 7.98. The summed E-state index contributed by atoms with van der Waals surface area (Å²) in [6, 6.07) is 0.706. The molecule has 0 saturated heterocycles. The van der Waals surface area contributed by atoms with Crippen LogP contribution in [0.5, 0.6) is 0 Å². The summed E-state index contributed by atoms with van der Waals surface area (Å²) in [6.45, 7) is 16.1. The van der Waals surface area contributed by atoms with E-state index in [4.69, 9.17) is 0 Å². The summed E-state index contributed by atoms with van der Waals surface area (Å²) in [5.74, 6) is 1.24. The van der Waals surface area contributed by atoms with Crippen LogP contribution in [0.2, 0.25) is 0 Å². The summed E-state index contributed by atoms with van der Waals surface area (Å²) < 4.78 is 0. The van der Waals surface area contributed by atoms with Crippen LogP contribution in [0.15, 0.2) is 0 Å². The minimum atomic E-state index is 0.206. The normalized spacial score (nSPS) is 14.8.